The fourth-order valence-electron chi connectivity index (χ4n) is 4.24. The second kappa shape index (κ2) is 10.5. The maximum absolute atomic E-state index is 14.1. The minimum absolute atomic E-state index is 0.0364. The summed E-state index contributed by atoms with van der Waals surface area (Å²) < 4.78 is 31.3. The molecule has 0 radical (unpaired) electrons. The third-order valence-electron chi connectivity index (χ3n) is 6.26. The van der Waals surface area contributed by atoms with E-state index in [9.17, 15) is 9.18 Å². The second-order valence-electron chi connectivity index (χ2n) is 8.57. The Balaban J connectivity index is 1.49. The number of aromatic nitrogens is 2. The Hall–Kier alpha value is -4.37. The Morgan fingerprint density at radius 3 is 2.63 bits per heavy atom. The molecular weight excluding hydrogens is 511 g/mol. The summed E-state index contributed by atoms with van der Waals surface area (Å²) in [5.74, 6) is 1.43. The molecule has 0 atom stereocenters. The number of nitrogens with zero attached hydrogens (tertiary/aromatic N) is 3. The summed E-state index contributed by atoms with van der Waals surface area (Å²) in [6.45, 7) is 4.42. The number of methoxy groups -OCH3 is 2. The van der Waals surface area contributed by atoms with Gasteiger partial charge in [-0.05, 0) is 35.9 Å². The molecule has 38 heavy (non-hydrogen) atoms. The second-order valence-corrected chi connectivity index (χ2v) is 8.95. The van der Waals surface area contributed by atoms with Crippen molar-refractivity contribution in [2.24, 2.45) is 0 Å². The molecule has 5 rings (SSSR count). The zero-order valence-electron chi connectivity index (χ0n) is 20.7. The van der Waals surface area contributed by atoms with Crippen LogP contribution in [-0.2, 0) is 4.79 Å². The molecule has 10 heteroatoms. The van der Waals surface area contributed by atoms with E-state index in [-0.39, 0.29) is 17.0 Å². The van der Waals surface area contributed by atoms with Crippen molar-refractivity contribution in [2.75, 3.05) is 32.6 Å². The third-order valence-corrected chi connectivity index (χ3v) is 6.65. The van der Waals surface area contributed by atoms with Gasteiger partial charge in [0.2, 0.25) is 5.91 Å². The summed E-state index contributed by atoms with van der Waals surface area (Å²) >= 11 is 6.23. The van der Waals surface area contributed by atoms with Crippen molar-refractivity contribution in [2.45, 2.75) is 6.10 Å². The summed E-state index contributed by atoms with van der Waals surface area (Å²) in [6, 6.07) is 13.6. The molecule has 0 aliphatic carbocycles. The van der Waals surface area contributed by atoms with E-state index in [0.29, 0.717) is 63.9 Å². The number of likely N-dealkylation sites (tertiary alicyclic amines) is 1. The average molecular weight is 535 g/mol. The van der Waals surface area contributed by atoms with Crippen LogP contribution in [-0.4, -0.2) is 54.2 Å². The van der Waals surface area contributed by atoms with Gasteiger partial charge in [0.05, 0.1) is 43.5 Å². The van der Waals surface area contributed by atoms with Gasteiger partial charge in [-0.25, -0.2) is 14.4 Å². The van der Waals surface area contributed by atoms with Crippen LogP contribution in [0.3, 0.4) is 0 Å². The Morgan fingerprint density at radius 2 is 1.89 bits per heavy atom. The highest BCUT2D eigenvalue weighted by Gasteiger charge is 2.31. The zero-order chi connectivity index (χ0) is 26.8. The maximum Gasteiger partial charge on any atom is 0.246 e. The fraction of sp³-hybridized carbons (Fsp3) is 0.179. The van der Waals surface area contributed by atoms with Crippen LogP contribution in [0.1, 0.15) is 0 Å². The molecule has 1 aliphatic heterocycles. The van der Waals surface area contributed by atoms with Crippen molar-refractivity contribution >= 4 is 39.9 Å². The minimum Gasteiger partial charge on any atom is -0.495 e. The SMILES string of the molecule is C=CC(=O)N1CC(Oc2cc3c(Nc4cc(-c5cccc(F)c5Cl)ccc4OC)ncnc3cc2OC)C1. The summed E-state index contributed by atoms with van der Waals surface area (Å²) in [7, 11) is 3.11. The molecule has 194 valence electrons. The predicted octanol–water partition coefficient (Wildman–Crippen LogP) is 5.63. The van der Waals surface area contributed by atoms with Gasteiger partial charge in [0.25, 0.3) is 0 Å². The van der Waals surface area contributed by atoms with Gasteiger partial charge in [-0.2, -0.15) is 0 Å². The highest BCUT2D eigenvalue weighted by molar-refractivity contribution is 6.33. The normalized spacial score (nSPS) is 13.1. The number of carbonyl (C=O) groups is 1. The lowest BCUT2D eigenvalue weighted by Gasteiger charge is -2.38. The molecular formula is C28H24ClFN4O4. The molecule has 1 N–H and O–H groups in total. The van der Waals surface area contributed by atoms with Crippen LogP contribution in [0.4, 0.5) is 15.9 Å². The van der Waals surface area contributed by atoms with Crippen molar-refractivity contribution in [3.63, 3.8) is 0 Å². The molecule has 1 amide bonds. The van der Waals surface area contributed by atoms with Crippen molar-refractivity contribution in [3.8, 4) is 28.4 Å². The Kier molecular flexibility index (Phi) is 7.02. The van der Waals surface area contributed by atoms with Crippen LogP contribution in [0.15, 0.2) is 67.5 Å². The first-order valence-corrected chi connectivity index (χ1v) is 12.1. The number of rotatable bonds is 8. The molecule has 0 bridgehead atoms. The highest BCUT2D eigenvalue weighted by Crippen LogP contribution is 2.39. The van der Waals surface area contributed by atoms with Crippen LogP contribution in [0.5, 0.6) is 17.2 Å². The lowest BCUT2D eigenvalue weighted by molar-refractivity contribution is -0.134. The highest BCUT2D eigenvalue weighted by atomic mass is 35.5. The van der Waals surface area contributed by atoms with Gasteiger partial charge in [0.1, 0.15) is 29.8 Å². The van der Waals surface area contributed by atoms with Gasteiger partial charge in [0.15, 0.2) is 11.5 Å². The monoisotopic (exact) mass is 534 g/mol. The molecule has 1 aliphatic rings. The summed E-state index contributed by atoms with van der Waals surface area (Å²) in [5, 5.41) is 4.03. The molecule has 0 spiro atoms. The van der Waals surface area contributed by atoms with Crippen molar-refractivity contribution < 1.29 is 23.4 Å². The maximum atomic E-state index is 14.1. The van der Waals surface area contributed by atoms with Gasteiger partial charge in [-0.15, -0.1) is 0 Å². The van der Waals surface area contributed by atoms with E-state index in [0.717, 1.165) is 0 Å². The molecule has 1 fully saturated rings. The molecule has 4 aromatic rings. The first-order valence-electron chi connectivity index (χ1n) is 11.7. The number of amides is 1. The van der Waals surface area contributed by atoms with Gasteiger partial charge in [0, 0.05) is 17.0 Å². The van der Waals surface area contributed by atoms with Gasteiger partial charge in [-0.3, -0.25) is 4.79 Å². The van der Waals surface area contributed by atoms with E-state index in [4.69, 9.17) is 25.8 Å². The van der Waals surface area contributed by atoms with E-state index in [1.165, 1.54) is 18.5 Å². The molecule has 1 aromatic heterocycles. The summed E-state index contributed by atoms with van der Waals surface area (Å²) in [6.07, 6.45) is 2.54. The van der Waals surface area contributed by atoms with Crippen LogP contribution in [0.2, 0.25) is 5.02 Å². The van der Waals surface area contributed by atoms with E-state index in [1.54, 1.807) is 55.5 Å². The Labute approximate surface area is 223 Å². The number of hydrogen-bond acceptors (Lipinski definition) is 7. The van der Waals surface area contributed by atoms with Gasteiger partial charge >= 0.3 is 0 Å². The number of anilines is 2. The van der Waals surface area contributed by atoms with Crippen LogP contribution in [0.25, 0.3) is 22.0 Å². The number of fused-ring (bicyclic) bond motifs is 1. The number of nitrogens with one attached hydrogen (secondary N) is 1. The number of hydrogen-bond donors (Lipinski definition) is 1. The molecule has 0 saturated carbocycles. The van der Waals surface area contributed by atoms with Crippen LogP contribution in [0, 0.1) is 5.82 Å². The number of halogens is 2. The molecule has 1 saturated heterocycles. The van der Waals surface area contributed by atoms with Crippen LogP contribution >= 0.6 is 11.6 Å². The Morgan fingerprint density at radius 1 is 1.11 bits per heavy atom. The smallest absolute Gasteiger partial charge is 0.246 e. The average Bonchev–Trinajstić information content (AvgIpc) is 2.91. The largest absolute Gasteiger partial charge is 0.495 e. The first kappa shape index (κ1) is 25.3. The van der Waals surface area contributed by atoms with Crippen molar-refractivity contribution in [1.82, 2.24) is 14.9 Å². The molecule has 2 heterocycles. The van der Waals surface area contributed by atoms with E-state index < -0.39 is 5.82 Å². The standard InChI is InChI=1S/C28H24ClFN4O4/c1-4-26(35)34-13-17(14-34)38-25-11-19-21(12-24(25)37-3)31-15-32-28(19)33-22-10-16(8-9-23(22)36-2)18-6-5-7-20(30)27(18)29/h4-12,15,17H,1,13-14H2,2-3H3,(H,31,32,33). The minimum atomic E-state index is -0.499. The zero-order valence-corrected chi connectivity index (χ0v) is 21.5. The third kappa shape index (κ3) is 4.80. The van der Waals surface area contributed by atoms with Gasteiger partial charge in [-0.1, -0.05) is 36.4 Å². The summed E-state index contributed by atoms with van der Waals surface area (Å²) in [5.41, 5.74) is 2.48. The van der Waals surface area contributed by atoms with Crippen LogP contribution < -0.4 is 19.5 Å². The van der Waals surface area contributed by atoms with E-state index in [2.05, 4.69) is 21.9 Å². The Bertz CT molecular complexity index is 1540. The predicted molar refractivity (Wildman–Crippen MR) is 144 cm³/mol. The van der Waals surface area contributed by atoms with E-state index >= 15 is 0 Å². The fourth-order valence-corrected chi connectivity index (χ4v) is 4.48. The lowest BCUT2D eigenvalue weighted by Crippen LogP contribution is -2.55. The van der Waals surface area contributed by atoms with Crippen molar-refractivity contribution in [1.29, 1.82) is 0 Å². The quantitative estimate of drug-likeness (QED) is 0.293. The first-order chi connectivity index (χ1) is 18.4. The lowest BCUT2D eigenvalue weighted by atomic mass is 10.0. The van der Waals surface area contributed by atoms with E-state index in [1.807, 2.05) is 6.07 Å². The number of carbonyl (C=O) groups excluding carboxylic acids is 1. The molecule has 8 nitrogen and oxygen atoms in total. The topological polar surface area (TPSA) is 85.8 Å². The summed E-state index contributed by atoms with van der Waals surface area (Å²) in [4.78, 5) is 22.2. The molecule has 0 unspecified atom stereocenters. The van der Waals surface area contributed by atoms with Gasteiger partial charge < -0.3 is 24.4 Å². The molecule has 3 aromatic carbocycles. The number of ether oxygens (including phenoxy) is 3. The van der Waals surface area contributed by atoms with Crippen molar-refractivity contribution in [3.05, 3.63) is 78.4 Å². The number of benzene rings is 3.